The zero-order valence-electron chi connectivity index (χ0n) is 10.2. The minimum absolute atomic E-state index is 0.214. The molecule has 0 spiro atoms. The van der Waals surface area contributed by atoms with Crippen LogP contribution < -0.4 is 5.32 Å². The van der Waals surface area contributed by atoms with Crippen LogP contribution in [0, 0.1) is 0 Å². The average Bonchev–Trinajstić information content (AvgIpc) is 2.29. The summed E-state index contributed by atoms with van der Waals surface area (Å²) in [7, 11) is 4.20. The van der Waals surface area contributed by atoms with Crippen LogP contribution in [0.2, 0.25) is 0 Å². The Morgan fingerprint density at radius 2 is 2.13 bits per heavy atom. The smallest absolute Gasteiger partial charge is 0.0791 e. The maximum absolute atomic E-state index is 9.67. The van der Waals surface area contributed by atoms with Gasteiger partial charge in [0.15, 0.2) is 0 Å². The Hall–Kier alpha value is -0.160. The van der Waals surface area contributed by atoms with Gasteiger partial charge in [0.2, 0.25) is 0 Å². The molecule has 0 bridgehead atoms. The van der Waals surface area contributed by atoms with Crippen LogP contribution in [0.1, 0.15) is 13.3 Å². The number of hydrogen-bond donors (Lipinski definition) is 2. The maximum atomic E-state index is 9.67. The summed E-state index contributed by atoms with van der Waals surface area (Å²) in [6.45, 7) is 6.95. The van der Waals surface area contributed by atoms with Crippen LogP contribution >= 0.6 is 0 Å². The largest absolute Gasteiger partial charge is 0.390 e. The molecule has 1 aliphatic heterocycles. The van der Waals surface area contributed by atoms with E-state index in [9.17, 15) is 5.11 Å². The Labute approximate surface area is 93.2 Å². The fourth-order valence-corrected chi connectivity index (χ4v) is 2.00. The Morgan fingerprint density at radius 3 is 2.80 bits per heavy atom. The second kappa shape index (κ2) is 6.43. The lowest BCUT2D eigenvalue weighted by Crippen LogP contribution is -2.40. The molecule has 4 heteroatoms. The van der Waals surface area contributed by atoms with Crippen molar-refractivity contribution in [1.29, 1.82) is 0 Å². The van der Waals surface area contributed by atoms with Gasteiger partial charge in [-0.05, 0) is 40.5 Å². The highest BCUT2D eigenvalue weighted by molar-refractivity contribution is 4.78. The minimum atomic E-state index is -0.214. The van der Waals surface area contributed by atoms with Gasteiger partial charge in [-0.15, -0.1) is 0 Å². The molecule has 2 N–H and O–H groups in total. The van der Waals surface area contributed by atoms with Crippen LogP contribution in [0.3, 0.4) is 0 Å². The number of hydrogen-bond acceptors (Lipinski definition) is 4. The number of nitrogens with zero attached hydrogens (tertiary/aromatic N) is 2. The van der Waals surface area contributed by atoms with Crippen LogP contribution in [0.15, 0.2) is 0 Å². The normalized spacial score (nSPS) is 29.4. The van der Waals surface area contributed by atoms with Gasteiger partial charge in [0.1, 0.15) is 0 Å². The third-order valence-corrected chi connectivity index (χ3v) is 2.94. The van der Waals surface area contributed by atoms with E-state index in [4.69, 9.17) is 0 Å². The third-order valence-electron chi connectivity index (χ3n) is 2.94. The highest BCUT2D eigenvalue weighted by Crippen LogP contribution is 2.05. The van der Waals surface area contributed by atoms with Gasteiger partial charge in [-0.2, -0.15) is 0 Å². The predicted octanol–water partition coefficient (Wildman–Crippen LogP) is -0.407. The molecular formula is C11H25N3O. The van der Waals surface area contributed by atoms with E-state index in [0.717, 1.165) is 32.7 Å². The molecule has 90 valence electrons. The van der Waals surface area contributed by atoms with Gasteiger partial charge in [-0.3, -0.25) is 4.90 Å². The van der Waals surface area contributed by atoms with Gasteiger partial charge in [-0.25, -0.2) is 0 Å². The third kappa shape index (κ3) is 4.93. The molecule has 2 unspecified atom stereocenters. The molecule has 0 aromatic carbocycles. The van der Waals surface area contributed by atoms with Crippen LogP contribution in [0.5, 0.6) is 0 Å². The van der Waals surface area contributed by atoms with Crippen molar-refractivity contribution in [3.05, 3.63) is 0 Å². The molecule has 0 radical (unpaired) electrons. The molecule has 1 rings (SSSR count). The standard InChI is InChI=1S/C11H25N3O/c1-10-7-12-8-11(15)9-14(10)6-4-5-13(2)3/h10-12,15H,4-9H2,1-3H3. The summed E-state index contributed by atoms with van der Waals surface area (Å²) in [6.07, 6.45) is 0.957. The number of rotatable bonds is 4. The fourth-order valence-electron chi connectivity index (χ4n) is 2.00. The van der Waals surface area contributed by atoms with Crippen molar-refractivity contribution >= 4 is 0 Å². The van der Waals surface area contributed by atoms with E-state index in [1.54, 1.807) is 0 Å². The molecular weight excluding hydrogens is 190 g/mol. The lowest BCUT2D eigenvalue weighted by Gasteiger charge is -2.27. The number of aliphatic hydroxyl groups excluding tert-OH is 1. The van der Waals surface area contributed by atoms with E-state index < -0.39 is 0 Å². The summed E-state index contributed by atoms with van der Waals surface area (Å²) >= 11 is 0. The molecule has 1 heterocycles. The molecule has 1 saturated heterocycles. The molecule has 0 saturated carbocycles. The molecule has 1 fully saturated rings. The molecule has 4 nitrogen and oxygen atoms in total. The highest BCUT2D eigenvalue weighted by Gasteiger charge is 2.20. The SMILES string of the molecule is CC1CNCC(O)CN1CCCN(C)C. The first-order valence-corrected chi connectivity index (χ1v) is 5.87. The van der Waals surface area contributed by atoms with Crippen molar-refractivity contribution in [2.45, 2.75) is 25.5 Å². The summed E-state index contributed by atoms with van der Waals surface area (Å²) in [6, 6.07) is 0.532. The van der Waals surface area contributed by atoms with Gasteiger partial charge in [0.05, 0.1) is 6.10 Å². The van der Waals surface area contributed by atoms with Crippen LogP contribution in [0.25, 0.3) is 0 Å². The molecule has 1 aliphatic rings. The predicted molar refractivity (Wildman–Crippen MR) is 63.1 cm³/mol. The van der Waals surface area contributed by atoms with Crippen molar-refractivity contribution in [2.75, 3.05) is 46.8 Å². The zero-order valence-corrected chi connectivity index (χ0v) is 10.2. The van der Waals surface area contributed by atoms with Gasteiger partial charge in [0, 0.05) is 25.7 Å². The molecule has 0 aromatic rings. The van der Waals surface area contributed by atoms with E-state index in [-0.39, 0.29) is 6.10 Å². The summed E-state index contributed by atoms with van der Waals surface area (Å²) in [5.74, 6) is 0. The van der Waals surface area contributed by atoms with Crippen LogP contribution in [-0.2, 0) is 0 Å². The summed E-state index contributed by atoms with van der Waals surface area (Å²) in [4.78, 5) is 4.59. The average molecular weight is 215 g/mol. The monoisotopic (exact) mass is 215 g/mol. The first kappa shape index (κ1) is 12.9. The summed E-state index contributed by atoms with van der Waals surface area (Å²) in [5.41, 5.74) is 0. The lowest BCUT2D eigenvalue weighted by atomic mass is 10.2. The van der Waals surface area contributed by atoms with Gasteiger partial charge >= 0.3 is 0 Å². The Morgan fingerprint density at radius 1 is 1.40 bits per heavy atom. The van der Waals surface area contributed by atoms with Crippen molar-refractivity contribution in [2.24, 2.45) is 0 Å². The topological polar surface area (TPSA) is 38.7 Å². The first-order chi connectivity index (χ1) is 7.09. The van der Waals surface area contributed by atoms with E-state index in [0.29, 0.717) is 6.04 Å². The molecule has 2 atom stereocenters. The fraction of sp³-hybridized carbons (Fsp3) is 1.00. The number of β-amino-alcohol motifs (C(OH)–C–C–N with tert-alkyl or cyclic N) is 1. The van der Waals surface area contributed by atoms with E-state index in [1.165, 1.54) is 6.42 Å². The number of aliphatic hydroxyl groups is 1. The van der Waals surface area contributed by atoms with E-state index >= 15 is 0 Å². The summed E-state index contributed by atoms with van der Waals surface area (Å²) in [5, 5.41) is 12.9. The second-order valence-corrected chi connectivity index (χ2v) is 4.81. The molecule has 0 amide bonds. The lowest BCUT2D eigenvalue weighted by molar-refractivity contribution is 0.111. The van der Waals surface area contributed by atoms with Gasteiger partial charge < -0.3 is 15.3 Å². The Balaban J connectivity index is 2.29. The van der Waals surface area contributed by atoms with Crippen molar-refractivity contribution in [1.82, 2.24) is 15.1 Å². The summed E-state index contributed by atoms with van der Waals surface area (Å²) < 4.78 is 0. The molecule has 0 aliphatic carbocycles. The van der Waals surface area contributed by atoms with Crippen molar-refractivity contribution in [3.63, 3.8) is 0 Å². The quantitative estimate of drug-likeness (QED) is 0.669. The molecule has 0 aromatic heterocycles. The second-order valence-electron chi connectivity index (χ2n) is 4.81. The minimum Gasteiger partial charge on any atom is -0.390 e. The highest BCUT2D eigenvalue weighted by atomic mass is 16.3. The van der Waals surface area contributed by atoms with Crippen molar-refractivity contribution in [3.8, 4) is 0 Å². The number of nitrogens with one attached hydrogen (secondary N) is 1. The maximum Gasteiger partial charge on any atom is 0.0791 e. The Kier molecular flexibility index (Phi) is 5.53. The first-order valence-electron chi connectivity index (χ1n) is 5.87. The van der Waals surface area contributed by atoms with E-state index in [2.05, 4.69) is 36.1 Å². The van der Waals surface area contributed by atoms with Gasteiger partial charge in [0.25, 0.3) is 0 Å². The Bertz CT molecular complexity index is 175. The van der Waals surface area contributed by atoms with Crippen LogP contribution in [0.4, 0.5) is 0 Å². The van der Waals surface area contributed by atoms with Crippen LogP contribution in [-0.4, -0.2) is 73.9 Å². The van der Waals surface area contributed by atoms with Crippen molar-refractivity contribution < 1.29 is 5.11 Å². The van der Waals surface area contributed by atoms with Gasteiger partial charge in [-0.1, -0.05) is 0 Å². The van der Waals surface area contributed by atoms with E-state index in [1.807, 2.05) is 0 Å². The molecule has 15 heavy (non-hydrogen) atoms. The zero-order chi connectivity index (χ0) is 11.3.